The molecule has 1 heterocycles. The maximum absolute atomic E-state index is 16.1. The molecule has 41 heavy (non-hydrogen) atoms. The number of aromatic amines is 1. The van der Waals surface area contributed by atoms with Gasteiger partial charge in [0.25, 0.3) is 0 Å². The maximum Gasteiger partial charge on any atom is 0.348 e. The van der Waals surface area contributed by atoms with Crippen LogP contribution in [-0.2, 0) is 12.8 Å². The number of rotatable bonds is 12. The van der Waals surface area contributed by atoms with Gasteiger partial charge < -0.3 is 20.5 Å². The normalized spacial score (nSPS) is 11.9. The number of benzene rings is 3. The third kappa shape index (κ3) is 6.69. The second-order valence-electron chi connectivity index (χ2n) is 9.92. The largest absolute Gasteiger partial charge is 0.489 e. The van der Waals surface area contributed by atoms with E-state index in [0.29, 0.717) is 18.5 Å². The van der Waals surface area contributed by atoms with Crippen molar-refractivity contribution in [1.29, 1.82) is 5.41 Å². The van der Waals surface area contributed by atoms with Crippen molar-refractivity contribution in [2.24, 2.45) is 5.73 Å². The molecule has 214 valence electrons. The van der Waals surface area contributed by atoms with E-state index in [-0.39, 0.29) is 47.3 Å². The van der Waals surface area contributed by atoms with Crippen LogP contribution in [0.3, 0.4) is 0 Å². The van der Waals surface area contributed by atoms with E-state index in [4.69, 9.17) is 15.9 Å². The maximum atomic E-state index is 16.1. The van der Waals surface area contributed by atoms with Gasteiger partial charge in [0.2, 0.25) is 0 Å². The topological polar surface area (TPSA) is 150 Å². The minimum Gasteiger partial charge on any atom is -0.489 e. The van der Waals surface area contributed by atoms with Gasteiger partial charge in [0.05, 0.1) is 17.2 Å². The highest BCUT2D eigenvalue weighted by atomic mass is 19.1. The highest BCUT2D eigenvalue weighted by Crippen LogP contribution is 2.34. The predicted octanol–water partition coefficient (Wildman–Crippen LogP) is 3.56. The van der Waals surface area contributed by atoms with Crippen LogP contribution in [0.4, 0.5) is 4.39 Å². The van der Waals surface area contributed by atoms with Crippen molar-refractivity contribution in [3.05, 3.63) is 111 Å². The van der Waals surface area contributed by atoms with Crippen LogP contribution in [0.2, 0.25) is 0 Å². The minimum absolute atomic E-state index is 0.0746. The zero-order valence-corrected chi connectivity index (χ0v) is 23.1. The van der Waals surface area contributed by atoms with Crippen molar-refractivity contribution in [3.8, 4) is 11.4 Å². The molecule has 0 radical (unpaired) electrons. The first-order chi connectivity index (χ1) is 19.6. The van der Waals surface area contributed by atoms with Gasteiger partial charge in [-0.1, -0.05) is 49.4 Å². The standard InChI is InChI=1S/C30H33FN6O4/c1-4-18-15-22(26(31)25(17-18)41-14-13-36(2)3)23(16-19-9-11-20(12-10-19)27(32)33)28-34-30(40)37(35-28)24-8-6-5-7-21(24)29(38)39/h5-12,15,17,23H,4,13-14,16H2,1-3H3,(H3,32,33)(H,38,39)(H,34,35,40). The number of H-pyrrole nitrogens is 1. The third-order valence-electron chi connectivity index (χ3n) is 6.74. The molecule has 0 spiro atoms. The van der Waals surface area contributed by atoms with Gasteiger partial charge >= 0.3 is 11.7 Å². The Hall–Kier alpha value is -4.77. The third-order valence-corrected chi connectivity index (χ3v) is 6.74. The number of aromatic carboxylic acids is 1. The summed E-state index contributed by atoms with van der Waals surface area (Å²) in [6.45, 7) is 2.83. The van der Waals surface area contributed by atoms with Crippen molar-refractivity contribution >= 4 is 11.8 Å². The smallest absolute Gasteiger partial charge is 0.348 e. The number of hydrogen-bond donors (Lipinski definition) is 4. The molecule has 11 heteroatoms. The van der Waals surface area contributed by atoms with Crippen LogP contribution in [0.1, 0.15) is 51.3 Å². The lowest BCUT2D eigenvalue weighted by Gasteiger charge is -2.20. The van der Waals surface area contributed by atoms with Gasteiger partial charge in [0.1, 0.15) is 18.3 Å². The number of para-hydroxylation sites is 1. The molecule has 0 aliphatic carbocycles. The molecular formula is C30H33FN6O4. The Balaban J connectivity index is 1.85. The van der Waals surface area contributed by atoms with Crippen LogP contribution >= 0.6 is 0 Å². The van der Waals surface area contributed by atoms with E-state index >= 15 is 4.39 Å². The van der Waals surface area contributed by atoms with Gasteiger partial charge in [-0.25, -0.2) is 14.0 Å². The number of likely N-dealkylation sites (N-methyl/N-ethyl adjacent to an activating group) is 1. The summed E-state index contributed by atoms with van der Waals surface area (Å²) in [6.07, 6.45) is 0.862. The number of nitrogen functional groups attached to an aromatic ring is 1. The lowest BCUT2D eigenvalue weighted by Crippen LogP contribution is -2.20. The molecule has 0 amide bonds. The summed E-state index contributed by atoms with van der Waals surface area (Å²) < 4.78 is 23.0. The molecule has 0 bridgehead atoms. The van der Waals surface area contributed by atoms with Gasteiger partial charge in [-0.05, 0) is 56.3 Å². The molecule has 1 atom stereocenters. The molecule has 1 aromatic heterocycles. The van der Waals surface area contributed by atoms with E-state index in [1.807, 2.05) is 25.9 Å². The van der Waals surface area contributed by atoms with Gasteiger partial charge in [0.15, 0.2) is 11.6 Å². The van der Waals surface area contributed by atoms with E-state index in [1.54, 1.807) is 48.5 Å². The van der Waals surface area contributed by atoms with Gasteiger partial charge in [0, 0.05) is 17.7 Å². The van der Waals surface area contributed by atoms with Crippen LogP contribution in [0.25, 0.3) is 5.69 Å². The lowest BCUT2D eigenvalue weighted by atomic mass is 9.89. The summed E-state index contributed by atoms with van der Waals surface area (Å²) in [5.74, 6) is -2.33. The summed E-state index contributed by atoms with van der Waals surface area (Å²) in [5.41, 5.74) is 7.41. The van der Waals surface area contributed by atoms with Crippen LogP contribution < -0.4 is 16.2 Å². The first-order valence-corrected chi connectivity index (χ1v) is 13.1. The number of amidine groups is 1. The molecule has 5 N–H and O–H groups in total. The Kier molecular flexibility index (Phi) is 8.98. The molecule has 10 nitrogen and oxygen atoms in total. The highest BCUT2D eigenvalue weighted by Gasteiger charge is 2.27. The minimum atomic E-state index is -1.21. The highest BCUT2D eigenvalue weighted by molar-refractivity contribution is 5.94. The summed E-state index contributed by atoms with van der Waals surface area (Å²) in [5, 5.41) is 21.8. The molecule has 4 aromatic rings. The van der Waals surface area contributed by atoms with Crippen molar-refractivity contribution in [3.63, 3.8) is 0 Å². The Labute approximate surface area is 236 Å². The Morgan fingerprint density at radius 1 is 1.17 bits per heavy atom. The number of aryl methyl sites for hydroxylation is 1. The van der Waals surface area contributed by atoms with Crippen LogP contribution in [0.15, 0.2) is 65.5 Å². The van der Waals surface area contributed by atoms with E-state index in [9.17, 15) is 14.7 Å². The number of carboxylic acids is 1. The zero-order chi connectivity index (χ0) is 29.7. The van der Waals surface area contributed by atoms with Crippen molar-refractivity contribution in [2.75, 3.05) is 27.2 Å². The second-order valence-corrected chi connectivity index (χ2v) is 9.92. The first-order valence-electron chi connectivity index (χ1n) is 13.1. The van der Waals surface area contributed by atoms with E-state index in [2.05, 4.69) is 10.1 Å². The fourth-order valence-electron chi connectivity index (χ4n) is 4.49. The average Bonchev–Trinajstić information content (AvgIpc) is 3.33. The van der Waals surface area contributed by atoms with Crippen molar-refractivity contribution in [2.45, 2.75) is 25.7 Å². The Bertz CT molecular complexity index is 1610. The van der Waals surface area contributed by atoms with Crippen LogP contribution in [0.5, 0.6) is 5.75 Å². The number of ether oxygens (including phenoxy) is 1. The van der Waals surface area contributed by atoms with Crippen molar-refractivity contribution < 1.29 is 19.0 Å². The van der Waals surface area contributed by atoms with Gasteiger partial charge in [-0.2, -0.15) is 4.68 Å². The fraction of sp³-hybridized carbons (Fsp3) is 0.267. The summed E-state index contributed by atoms with van der Waals surface area (Å²) in [6, 6.07) is 16.4. The first kappa shape index (κ1) is 29.2. The second kappa shape index (κ2) is 12.6. The summed E-state index contributed by atoms with van der Waals surface area (Å²) in [7, 11) is 3.80. The zero-order valence-electron chi connectivity index (χ0n) is 23.1. The molecule has 0 aliphatic heterocycles. The number of carboxylic acid groups (broad SMARTS) is 1. The average molecular weight is 561 g/mol. The predicted molar refractivity (Wildman–Crippen MR) is 154 cm³/mol. The Morgan fingerprint density at radius 2 is 1.88 bits per heavy atom. The SMILES string of the molecule is CCc1cc(OCCN(C)C)c(F)c(C(Cc2ccc(C(=N)N)cc2)c2nn(-c3ccccc3C(=O)O)c(=O)[nH]2)c1. The molecule has 0 saturated heterocycles. The fourth-order valence-corrected chi connectivity index (χ4v) is 4.49. The van der Waals surface area contributed by atoms with Crippen LogP contribution in [0, 0.1) is 11.2 Å². The number of nitrogens with one attached hydrogen (secondary N) is 2. The number of aromatic nitrogens is 3. The lowest BCUT2D eigenvalue weighted by molar-refractivity contribution is 0.0696. The monoisotopic (exact) mass is 560 g/mol. The summed E-state index contributed by atoms with van der Waals surface area (Å²) in [4.78, 5) is 29.6. The van der Waals surface area contributed by atoms with Gasteiger partial charge in [-0.15, -0.1) is 5.10 Å². The summed E-state index contributed by atoms with van der Waals surface area (Å²) >= 11 is 0. The molecule has 0 fully saturated rings. The molecule has 3 aromatic carbocycles. The molecule has 0 aliphatic rings. The number of nitrogens with two attached hydrogens (primary N) is 1. The van der Waals surface area contributed by atoms with Crippen LogP contribution in [-0.4, -0.2) is 63.8 Å². The van der Waals surface area contributed by atoms with E-state index in [1.165, 1.54) is 12.1 Å². The van der Waals surface area contributed by atoms with Crippen molar-refractivity contribution in [1.82, 2.24) is 19.7 Å². The molecule has 1 unspecified atom stereocenters. The van der Waals surface area contributed by atoms with E-state index in [0.717, 1.165) is 15.8 Å². The number of halogens is 1. The number of hydrogen-bond acceptors (Lipinski definition) is 6. The van der Waals surface area contributed by atoms with Gasteiger partial charge in [-0.3, -0.25) is 10.4 Å². The number of carbonyl (C=O) groups is 1. The van der Waals surface area contributed by atoms with E-state index < -0.39 is 23.4 Å². The Morgan fingerprint density at radius 3 is 2.51 bits per heavy atom. The molecular weight excluding hydrogens is 527 g/mol. The number of nitrogens with zero attached hydrogens (tertiary/aromatic N) is 3. The molecule has 4 rings (SSSR count). The molecule has 0 saturated carbocycles. The quantitative estimate of drug-likeness (QED) is 0.153.